The second-order valence-electron chi connectivity index (χ2n) is 11.2. The van der Waals surface area contributed by atoms with E-state index in [0.29, 0.717) is 5.92 Å². The van der Waals surface area contributed by atoms with Crippen LogP contribution in [0.25, 0.3) is 10.8 Å². The van der Waals surface area contributed by atoms with Gasteiger partial charge >= 0.3 is 0 Å². The molecule has 2 nitrogen and oxygen atoms in total. The Labute approximate surface area is 198 Å². The van der Waals surface area contributed by atoms with Crippen molar-refractivity contribution < 1.29 is 9.47 Å². The highest BCUT2D eigenvalue weighted by Crippen LogP contribution is 2.58. The third kappa shape index (κ3) is 4.19. The highest BCUT2D eigenvalue weighted by molar-refractivity contribution is 5.83. The van der Waals surface area contributed by atoms with E-state index < -0.39 is 0 Å². The van der Waals surface area contributed by atoms with Gasteiger partial charge in [-0.15, -0.1) is 0 Å². The van der Waals surface area contributed by atoms with Crippen molar-refractivity contribution in [1.82, 2.24) is 0 Å². The maximum absolute atomic E-state index is 7.07. The first-order chi connectivity index (χ1) is 16.1. The first-order valence-electron chi connectivity index (χ1n) is 13.0. The second kappa shape index (κ2) is 8.47. The van der Waals surface area contributed by atoms with E-state index in [-0.39, 0.29) is 11.9 Å². The Kier molecular flexibility index (Phi) is 5.45. The number of hydrogen-bond donors (Lipinski definition) is 0. The van der Waals surface area contributed by atoms with E-state index in [0.717, 1.165) is 35.5 Å². The van der Waals surface area contributed by atoms with Crippen LogP contribution in [0.2, 0.25) is 0 Å². The van der Waals surface area contributed by atoms with Crippen LogP contribution in [-0.4, -0.2) is 5.60 Å². The van der Waals surface area contributed by atoms with Crippen molar-refractivity contribution >= 4 is 10.8 Å². The quantitative estimate of drug-likeness (QED) is 0.343. The van der Waals surface area contributed by atoms with Gasteiger partial charge in [-0.05, 0) is 103 Å². The van der Waals surface area contributed by atoms with Gasteiger partial charge in [0.15, 0.2) is 0 Å². The van der Waals surface area contributed by atoms with Crippen molar-refractivity contribution in [2.75, 3.05) is 0 Å². The molecule has 4 saturated carbocycles. The monoisotopic (exact) mass is 440 g/mol. The Morgan fingerprint density at radius 3 is 2.03 bits per heavy atom. The minimum Gasteiger partial charge on any atom is -0.461 e. The molecule has 0 spiro atoms. The molecule has 33 heavy (non-hydrogen) atoms. The van der Waals surface area contributed by atoms with Crippen LogP contribution in [0.3, 0.4) is 0 Å². The third-order valence-corrected chi connectivity index (χ3v) is 8.69. The minimum atomic E-state index is -0.375. The van der Waals surface area contributed by atoms with Crippen molar-refractivity contribution in [3.8, 4) is 5.75 Å². The fourth-order valence-corrected chi connectivity index (χ4v) is 7.15. The minimum absolute atomic E-state index is 0.0122. The Morgan fingerprint density at radius 2 is 1.39 bits per heavy atom. The van der Waals surface area contributed by atoms with Gasteiger partial charge in [-0.1, -0.05) is 62.4 Å². The lowest BCUT2D eigenvalue weighted by Gasteiger charge is -2.56. The van der Waals surface area contributed by atoms with Gasteiger partial charge in [-0.2, -0.15) is 0 Å². The van der Waals surface area contributed by atoms with Crippen molar-refractivity contribution in [3.63, 3.8) is 0 Å². The van der Waals surface area contributed by atoms with Gasteiger partial charge in [-0.25, -0.2) is 0 Å². The Bertz CT molecular complexity index is 1080. The second-order valence-corrected chi connectivity index (χ2v) is 11.2. The summed E-state index contributed by atoms with van der Waals surface area (Å²) in [4.78, 5) is 0. The van der Waals surface area contributed by atoms with Crippen LogP contribution >= 0.6 is 0 Å². The van der Waals surface area contributed by atoms with Crippen molar-refractivity contribution in [2.45, 2.75) is 76.6 Å². The van der Waals surface area contributed by atoms with Crippen LogP contribution < -0.4 is 4.74 Å². The van der Waals surface area contributed by atoms with Gasteiger partial charge in [0, 0.05) is 5.56 Å². The molecule has 3 aromatic rings. The van der Waals surface area contributed by atoms with E-state index in [2.05, 4.69) is 80.6 Å². The van der Waals surface area contributed by atoms with E-state index >= 15 is 0 Å². The number of fused-ring (bicyclic) bond motifs is 1. The zero-order valence-corrected chi connectivity index (χ0v) is 20.0. The smallest absolute Gasteiger partial charge is 0.227 e. The predicted octanol–water partition coefficient (Wildman–Crippen LogP) is 8.42. The molecule has 4 fully saturated rings. The molecule has 4 bridgehead atoms. The summed E-state index contributed by atoms with van der Waals surface area (Å²) in [6.07, 6.45) is 8.65. The first kappa shape index (κ1) is 21.2. The van der Waals surface area contributed by atoms with Gasteiger partial charge in [0.2, 0.25) is 6.29 Å². The standard InChI is InChI=1S/C31H36O2/c1-3-21(2)25-10-12-29(13-11-25)32-30(28-9-8-26-6-4-5-7-27(26)17-28)33-31-18-22-14-23(19-31)16-24(15-22)20-31/h4-13,17,21-24,30H,3,14-16,18-20H2,1-2H3. The van der Waals surface area contributed by atoms with Crippen molar-refractivity contribution in [1.29, 1.82) is 0 Å². The number of rotatable bonds is 7. The molecule has 3 aromatic carbocycles. The van der Waals surface area contributed by atoms with Gasteiger partial charge in [-0.3, -0.25) is 0 Å². The summed E-state index contributed by atoms with van der Waals surface area (Å²) in [6.45, 7) is 4.52. The summed E-state index contributed by atoms with van der Waals surface area (Å²) in [5, 5.41) is 2.50. The van der Waals surface area contributed by atoms with E-state index in [9.17, 15) is 0 Å². The summed E-state index contributed by atoms with van der Waals surface area (Å²) >= 11 is 0. The van der Waals surface area contributed by atoms with Crippen LogP contribution in [0.4, 0.5) is 0 Å². The number of benzene rings is 3. The summed E-state index contributed by atoms with van der Waals surface area (Å²) in [7, 11) is 0. The predicted molar refractivity (Wildman–Crippen MR) is 134 cm³/mol. The van der Waals surface area contributed by atoms with Gasteiger partial charge in [0.1, 0.15) is 5.75 Å². The normalized spacial score (nSPS) is 29.8. The highest BCUT2D eigenvalue weighted by atomic mass is 16.7. The number of ether oxygens (including phenoxy) is 2. The van der Waals surface area contributed by atoms with Crippen LogP contribution in [0.15, 0.2) is 66.7 Å². The molecule has 2 heteroatoms. The topological polar surface area (TPSA) is 18.5 Å². The fourth-order valence-electron chi connectivity index (χ4n) is 7.15. The maximum Gasteiger partial charge on any atom is 0.227 e. The molecule has 0 aromatic heterocycles. The maximum atomic E-state index is 7.07. The Balaban J connectivity index is 1.32. The molecular formula is C31H36O2. The first-order valence-corrected chi connectivity index (χ1v) is 13.0. The third-order valence-electron chi connectivity index (χ3n) is 8.69. The highest BCUT2D eigenvalue weighted by Gasteiger charge is 2.53. The van der Waals surface area contributed by atoms with E-state index in [1.165, 1.54) is 54.9 Å². The van der Waals surface area contributed by atoms with E-state index in [4.69, 9.17) is 9.47 Å². The lowest BCUT2D eigenvalue weighted by Crippen LogP contribution is -2.52. The molecule has 0 heterocycles. The summed E-state index contributed by atoms with van der Waals surface area (Å²) < 4.78 is 13.7. The average Bonchev–Trinajstić information content (AvgIpc) is 2.82. The SMILES string of the molecule is CCC(C)c1ccc(OC(OC23CC4CC(CC(C4)C2)C3)c2ccc3ccccc3c2)cc1. The van der Waals surface area contributed by atoms with E-state index in [1.807, 2.05) is 0 Å². The van der Waals surface area contributed by atoms with Gasteiger partial charge in [0.05, 0.1) is 5.60 Å². The summed E-state index contributed by atoms with van der Waals surface area (Å²) in [6, 6.07) is 23.9. The molecule has 0 radical (unpaired) electrons. The van der Waals surface area contributed by atoms with E-state index in [1.54, 1.807) is 0 Å². The van der Waals surface area contributed by atoms with Crippen molar-refractivity contribution in [2.24, 2.45) is 17.8 Å². The molecule has 4 aliphatic rings. The molecule has 172 valence electrons. The van der Waals surface area contributed by atoms with Gasteiger partial charge < -0.3 is 9.47 Å². The average molecular weight is 441 g/mol. The molecule has 2 atom stereocenters. The Hall–Kier alpha value is -2.32. The molecule has 0 aliphatic heterocycles. The molecule has 2 unspecified atom stereocenters. The zero-order valence-electron chi connectivity index (χ0n) is 20.0. The fraction of sp³-hybridized carbons (Fsp3) is 0.484. The van der Waals surface area contributed by atoms with Crippen LogP contribution in [-0.2, 0) is 4.74 Å². The summed E-state index contributed by atoms with van der Waals surface area (Å²) in [5.74, 6) is 4.01. The molecule has 0 saturated heterocycles. The van der Waals surface area contributed by atoms with Crippen LogP contribution in [0, 0.1) is 17.8 Å². The van der Waals surface area contributed by atoms with Gasteiger partial charge in [0.25, 0.3) is 0 Å². The largest absolute Gasteiger partial charge is 0.461 e. The molecule has 4 aliphatic carbocycles. The lowest BCUT2D eigenvalue weighted by atomic mass is 9.54. The van der Waals surface area contributed by atoms with Crippen molar-refractivity contribution in [3.05, 3.63) is 77.9 Å². The van der Waals surface area contributed by atoms with Crippen LogP contribution in [0.1, 0.15) is 82.1 Å². The molecule has 7 rings (SSSR count). The lowest BCUT2D eigenvalue weighted by molar-refractivity contribution is -0.235. The van der Waals surface area contributed by atoms with Crippen LogP contribution in [0.5, 0.6) is 5.75 Å². The zero-order chi connectivity index (χ0) is 22.4. The number of hydrogen-bond acceptors (Lipinski definition) is 2. The summed E-state index contributed by atoms with van der Waals surface area (Å²) in [5.41, 5.74) is 2.48. The molecule has 0 N–H and O–H groups in total. The Morgan fingerprint density at radius 1 is 0.788 bits per heavy atom. The molecular weight excluding hydrogens is 404 g/mol. The molecule has 0 amide bonds.